The molecule has 1 amide bonds. The minimum Gasteiger partial charge on any atom is -0.504 e. The zero-order chi connectivity index (χ0) is 24.1. The highest BCUT2D eigenvalue weighted by molar-refractivity contribution is 5.93. The minimum absolute atomic E-state index is 0.0629. The molecule has 4 rings (SSSR count). The van der Waals surface area contributed by atoms with Crippen LogP contribution in [0.25, 0.3) is 5.69 Å². The van der Waals surface area contributed by atoms with Gasteiger partial charge in [0, 0.05) is 22.6 Å². The lowest BCUT2D eigenvalue weighted by atomic mass is 10.2. The summed E-state index contributed by atoms with van der Waals surface area (Å²) in [5, 5.41) is 13.9. The Morgan fingerprint density at radius 1 is 1.06 bits per heavy atom. The highest BCUT2D eigenvalue weighted by atomic mass is 16.5. The van der Waals surface area contributed by atoms with Crippen LogP contribution in [0.15, 0.2) is 76.2 Å². The number of carbonyl (C=O) groups excluding carboxylic acids is 1. The van der Waals surface area contributed by atoms with E-state index in [0.29, 0.717) is 22.8 Å². The summed E-state index contributed by atoms with van der Waals surface area (Å²) in [4.78, 5) is 12.3. The monoisotopic (exact) mass is 459 g/mol. The first-order valence-corrected chi connectivity index (χ1v) is 10.6. The fourth-order valence-electron chi connectivity index (χ4n) is 3.52. The summed E-state index contributed by atoms with van der Waals surface area (Å²) in [5.41, 5.74) is 6.16. The molecule has 0 aliphatic rings. The van der Waals surface area contributed by atoms with Crippen molar-refractivity contribution < 1.29 is 23.8 Å². The Kier molecular flexibility index (Phi) is 6.68. The Hall–Kier alpha value is -4.46. The van der Waals surface area contributed by atoms with Crippen LogP contribution in [0.1, 0.15) is 33.3 Å². The number of hydrazone groups is 1. The molecule has 8 nitrogen and oxygen atoms in total. The molecule has 0 aliphatic heterocycles. The first-order chi connectivity index (χ1) is 16.5. The maximum Gasteiger partial charge on any atom is 0.307 e. The van der Waals surface area contributed by atoms with E-state index in [2.05, 4.69) is 41.1 Å². The van der Waals surface area contributed by atoms with Crippen molar-refractivity contribution in [3.8, 4) is 22.9 Å². The predicted octanol–water partition coefficient (Wildman–Crippen LogP) is 4.74. The summed E-state index contributed by atoms with van der Waals surface area (Å²) in [5.74, 6) is 1.02. The lowest BCUT2D eigenvalue weighted by molar-refractivity contribution is 0.0923. The van der Waals surface area contributed by atoms with E-state index in [1.165, 1.54) is 13.3 Å². The number of methoxy groups -OCH3 is 1. The molecule has 2 heterocycles. The summed E-state index contributed by atoms with van der Waals surface area (Å²) < 4.78 is 18.6. The standard InChI is InChI=1S/C26H25N3O5/c1-17-7-8-18(2)29(17)20-9-11-21(12-10-20)33-16-22-13-14-24(34-22)26(31)28-27-15-19-5-4-6-23(32-3)25(19)30/h4-15,30H,16H2,1-3H3,(H,28,31)/b27-15+. The van der Waals surface area contributed by atoms with Gasteiger partial charge in [0.25, 0.3) is 0 Å². The van der Waals surface area contributed by atoms with Crippen LogP contribution in [0, 0.1) is 13.8 Å². The largest absolute Gasteiger partial charge is 0.504 e. The molecule has 0 unspecified atom stereocenters. The minimum atomic E-state index is -0.522. The molecule has 4 aromatic rings. The van der Waals surface area contributed by atoms with Crippen LogP contribution < -0.4 is 14.9 Å². The second-order valence-corrected chi connectivity index (χ2v) is 7.60. The lowest BCUT2D eigenvalue weighted by Gasteiger charge is -2.10. The number of para-hydroxylation sites is 1. The number of aryl methyl sites for hydroxylation is 2. The molecule has 174 valence electrons. The first-order valence-electron chi connectivity index (χ1n) is 10.6. The Morgan fingerprint density at radius 2 is 1.79 bits per heavy atom. The molecule has 0 atom stereocenters. The number of rotatable bonds is 8. The molecule has 8 heteroatoms. The van der Waals surface area contributed by atoms with Crippen molar-refractivity contribution in [2.24, 2.45) is 5.10 Å². The van der Waals surface area contributed by atoms with Gasteiger partial charge in [0.1, 0.15) is 18.1 Å². The number of benzene rings is 2. The van der Waals surface area contributed by atoms with Crippen LogP contribution in [0.5, 0.6) is 17.2 Å². The van der Waals surface area contributed by atoms with Gasteiger partial charge in [0.2, 0.25) is 0 Å². The Morgan fingerprint density at radius 3 is 2.50 bits per heavy atom. The quantitative estimate of drug-likeness (QED) is 0.293. The zero-order valence-electron chi connectivity index (χ0n) is 19.1. The van der Waals surface area contributed by atoms with E-state index in [4.69, 9.17) is 13.9 Å². The molecule has 0 fully saturated rings. The number of phenols is 1. The summed E-state index contributed by atoms with van der Waals surface area (Å²) in [7, 11) is 1.45. The third-order valence-electron chi connectivity index (χ3n) is 5.25. The van der Waals surface area contributed by atoms with Crippen molar-refractivity contribution in [1.82, 2.24) is 9.99 Å². The number of carbonyl (C=O) groups is 1. The van der Waals surface area contributed by atoms with Crippen LogP contribution in [-0.2, 0) is 6.61 Å². The third-order valence-corrected chi connectivity index (χ3v) is 5.25. The molecule has 2 aromatic carbocycles. The van der Waals surface area contributed by atoms with Crippen LogP contribution >= 0.6 is 0 Å². The lowest BCUT2D eigenvalue weighted by Crippen LogP contribution is -2.16. The average Bonchev–Trinajstić information content (AvgIpc) is 3.45. The van der Waals surface area contributed by atoms with Gasteiger partial charge in [0.15, 0.2) is 17.3 Å². The van der Waals surface area contributed by atoms with Crippen molar-refractivity contribution in [3.05, 3.63) is 95.2 Å². The van der Waals surface area contributed by atoms with Gasteiger partial charge in [0.05, 0.1) is 13.3 Å². The molecule has 0 bridgehead atoms. The van der Waals surface area contributed by atoms with Gasteiger partial charge in [-0.05, 0) is 74.5 Å². The Labute approximate surface area is 197 Å². The van der Waals surface area contributed by atoms with Crippen molar-refractivity contribution in [3.63, 3.8) is 0 Å². The molecule has 34 heavy (non-hydrogen) atoms. The fourth-order valence-corrected chi connectivity index (χ4v) is 3.52. The molecular weight excluding hydrogens is 434 g/mol. The summed E-state index contributed by atoms with van der Waals surface area (Å²) >= 11 is 0. The summed E-state index contributed by atoms with van der Waals surface area (Å²) in [6.45, 7) is 4.31. The van der Waals surface area contributed by atoms with E-state index in [1.807, 2.05) is 24.3 Å². The zero-order valence-corrected chi connectivity index (χ0v) is 19.1. The molecule has 0 radical (unpaired) electrons. The first kappa shape index (κ1) is 22.7. The number of hydrogen-bond donors (Lipinski definition) is 2. The number of nitrogens with zero attached hydrogens (tertiary/aromatic N) is 2. The second kappa shape index (κ2) is 9.99. The van der Waals surface area contributed by atoms with Crippen molar-refractivity contribution in [2.75, 3.05) is 7.11 Å². The fraction of sp³-hybridized carbons (Fsp3) is 0.154. The third kappa shape index (κ3) is 4.96. The van der Waals surface area contributed by atoms with E-state index in [9.17, 15) is 9.90 Å². The maximum absolute atomic E-state index is 12.3. The maximum atomic E-state index is 12.3. The summed E-state index contributed by atoms with van der Waals surface area (Å²) in [6.07, 6.45) is 1.32. The Balaban J connectivity index is 1.32. The van der Waals surface area contributed by atoms with E-state index in [0.717, 1.165) is 17.1 Å². The number of furan rings is 1. The van der Waals surface area contributed by atoms with E-state index in [-0.39, 0.29) is 18.1 Å². The van der Waals surface area contributed by atoms with Crippen LogP contribution in [0.2, 0.25) is 0 Å². The number of amides is 1. The normalized spacial score (nSPS) is 11.0. The molecule has 0 saturated carbocycles. The van der Waals surface area contributed by atoms with Gasteiger partial charge in [-0.2, -0.15) is 5.10 Å². The van der Waals surface area contributed by atoms with Crippen LogP contribution in [0.3, 0.4) is 0 Å². The Bertz CT molecular complexity index is 1300. The van der Waals surface area contributed by atoms with Crippen LogP contribution in [-0.4, -0.2) is 28.9 Å². The van der Waals surface area contributed by atoms with Crippen molar-refractivity contribution in [1.29, 1.82) is 0 Å². The van der Waals surface area contributed by atoms with Gasteiger partial charge < -0.3 is 23.6 Å². The van der Waals surface area contributed by atoms with Crippen LogP contribution in [0.4, 0.5) is 0 Å². The second-order valence-electron chi connectivity index (χ2n) is 7.60. The van der Waals surface area contributed by atoms with Gasteiger partial charge in [-0.25, -0.2) is 5.43 Å². The number of hydrogen-bond acceptors (Lipinski definition) is 6. The number of aromatic hydroxyl groups is 1. The molecular formula is C26H25N3O5. The van der Waals surface area contributed by atoms with Crippen molar-refractivity contribution in [2.45, 2.75) is 20.5 Å². The number of aromatic nitrogens is 1. The van der Waals surface area contributed by atoms with Gasteiger partial charge in [-0.3, -0.25) is 4.79 Å². The highest BCUT2D eigenvalue weighted by Gasteiger charge is 2.12. The SMILES string of the molecule is COc1cccc(/C=N/NC(=O)c2ccc(COc3ccc(-n4c(C)ccc4C)cc3)o2)c1O. The highest BCUT2D eigenvalue weighted by Crippen LogP contribution is 2.28. The predicted molar refractivity (Wildman–Crippen MR) is 128 cm³/mol. The molecule has 0 saturated heterocycles. The van der Waals surface area contributed by atoms with E-state index >= 15 is 0 Å². The van der Waals surface area contributed by atoms with E-state index in [1.54, 1.807) is 30.3 Å². The average molecular weight is 460 g/mol. The molecule has 2 N–H and O–H groups in total. The number of phenolic OH excluding ortho intramolecular Hbond substituents is 1. The molecule has 0 spiro atoms. The topological polar surface area (TPSA) is 98.2 Å². The number of nitrogens with one attached hydrogen (secondary N) is 1. The van der Waals surface area contributed by atoms with Gasteiger partial charge in [-0.1, -0.05) is 6.07 Å². The van der Waals surface area contributed by atoms with Gasteiger partial charge in [-0.15, -0.1) is 0 Å². The smallest absolute Gasteiger partial charge is 0.307 e. The molecule has 2 aromatic heterocycles. The summed E-state index contributed by atoms with van der Waals surface area (Å²) in [6, 6.07) is 20.1. The van der Waals surface area contributed by atoms with Crippen molar-refractivity contribution >= 4 is 12.1 Å². The number of ether oxygens (including phenoxy) is 2. The molecule has 0 aliphatic carbocycles. The van der Waals surface area contributed by atoms with E-state index < -0.39 is 5.91 Å². The van der Waals surface area contributed by atoms with Gasteiger partial charge >= 0.3 is 5.91 Å².